The molecule has 5 nitrogen and oxygen atoms in total. The van der Waals surface area contributed by atoms with Crippen molar-refractivity contribution < 1.29 is 14.6 Å². The molecule has 124 valence electrons. The summed E-state index contributed by atoms with van der Waals surface area (Å²) in [6, 6.07) is 10.7. The second kappa shape index (κ2) is 5.91. The molecule has 1 aromatic heterocycles. The molecule has 4 rings (SSSR count). The minimum absolute atomic E-state index is 0.0282. The number of β-amino-alcohol motifs (C(OH)–C–C–N with tert-alkyl or cyclic N) is 1. The van der Waals surface area contributed by atoms with Gasteiger partial charge in [-0.1, -0.05) is 0 Å². The van der Waals surface area contributed by atoms with Crippen molar-refractivity contribution in [3.8, 4) is 11.5 Å². The highest BCUT2D eigenvalue weighted by atomic mass is 16.5. The Labute approximate surface area is 140 Å². The first-order valence-electron chi connectivity index (χ1n) is 8.34. The number of aromatic nitrogens is 1. The van der Waals surface area contributed by atoms with Gasteiger partial charge >= 0.3 is 0 Å². The largest absolute Gasteiger partial charge is 0.456 e. The van der Waals surface area contributed by atoms with E-state index >= 15 is 0 Å². The molecule has 1 aliphatic carbocycles. The van der Waals surface area contributed by atoms with Crippen LogP contribution in [0.2, 0.25) is 0 Å². The number of rotatable bonds is 4. The predicted octanol–water partition coefficient (Wildman–Crippen LogP) is 2.86. The number of likely N-dealkylation sites (tertiary alicyclic amines) is 1. The van der Waals surface area contributed by atoms with E-state index in [1.807, 2.05) is 12.1 Å². The third-order valence-corrected chi connectivity index (χ3v) is 4.88. The molecule has 1 unspecified atom stereocenters. The third-order valence-electron chi connectivity index (χ3n) is 4.88. The molecular weight excluding hydrogens is 304 g/mol. The number of pyridine rings is 1. The van der Waals surface area contributed by atoms with Crippen molar-refractivity contribution in [2.45, 2.75) is 24.9 Å². The van der Waals surface area contributed by atoms with Gasteiger partial charge < -0.3 is 14.7 Å². The van der Waals surface area contributed by atoms with Gasteiger partial charge in [0.1, 0.15) is 11.5 Å². The Morgan fingerprint density at radius 3 is 2.67 bits per heavy atom. The van der Waals surface area contributed by atoms with Crippen LogP contribution in [-0.2, 0) is 0 Å². The molecule has 1 amide bonds. The van der Waals surface area contributed by atoms with E-state index in [1.165, 1.54) is 0 Å². The highest BCUT2D eigenvalue weighted by molar-refractivity contribution is 5.94. The maximum atomic E-state index is 12.6. The zero-order chi connectivity index (χ0) is 16.6. The van der Waals surface area contributed by atoms with Gasteiger partial charge in [-0.15, -0.1) is 0 Å². The van der Waals surface area contributed by atoms with Crippen LogP contribution in [0.5, 0.6) is 11.5 Å². The topological polar surface area (TPSA) is 62.7 Å². The van der Waals surface area contributed by atoms with Crippen LogP contribution < -0.4 is 4.74 Å². The van der Waals surface area contributed by atoms with E-state index in [2.05, 4.69) is 4.98 Å². The number of carbonyl (C=O) groups is 1. The summed E-state index contributed by atoms with van der Waals surface area (Å²) < 4.78 is 5.68. The van der Waals surface area contributed by atoms with Crippen LogP contribution in [0.15, 0.2) is 48.8 Å². The minimum atomic E-state index is -0.668. The standard InChI is InChI=1S/C19H20N2O3/c22-18(21-11-9-19(23,13-21)15-5-6-15)14-3-7-16(8-4-14)24-17-2-1-10-20-12-17/h1-4,7-8,10,12,15,23H,5-6,9,11,13H2. The van der Waals surface area contributed by atoms with E-state index < -0.39 is 5.60 Å². The Bertz CT molecular complexity index is 728. The first-order chi connectivity index (χ1) is 11.6. The van der Waals surface area contributed by atoms with Crippen LogP contribution in [0.3, 0.4) is 0 Å². The third kappa shape index (κ3) is 2.99. The van der Waals surface area contributed by atoms with E-state index in [1.54, 1.807) is 41.6 Å². The van der Waals surface area contributed by atoms with Gasteiger partial charge in [0.2, 0.25) is 0 Å². The molecule has 1 atom stereocenters. The smallest absolute Gasteiger partial charge is 0.253 e. The van der Waals surface area contributed by atoms with E-state index in [0.29, 0.717) is 42.5 Å². The summed E-state index contributed by atoms with van der Waals surface area (Å²) in [5, 5.41) is 10.6. The van der Waals surface area contributed by atoms with Crippen molar-refractivity contribution in [1.29, 1.82) is 0 Å². The summed E-state index contributed by atoms with van der Waals surface area (Å²) in [5.74, 6) is 1.67. The first-order valence-corrected chi connectivity index (χ1v) is 8.34. The highest BCUT2D eigenvalue weighted by Gasteiger charge is 2.48. The average Bonchev–Trinajstić information content (AvgIpc) is 3.40. The molecule has 2 fully saturated rings. The zero-order valence-electron chi connectivity index (χ0n) is 13.4. The first kappa shape index (κ1) is 15.1. The van der Waals surface area contributed by atoms with Crippen molar-refractivity contribution in [2.24, 2.45) is 5.92 Å². The second-order valence-electron chi connectivity index (χ2n) is 6.67. The molecule has 24 heavy (non-hydrogen) atoms. The number of benzene rings is 1. The second-order valence-corrected chi connectivity index (χ2v) is 6.67. The Morgan fingerprint density at radius 1 is 1.21 bits per heavy atom. The summed E-state index contributed by atoms with van der Waals surface area (Å²) in [4.78, 5) is 18.4. The normalized spacial score (nSPS) is 23.3. The molecular formula is C19H20N2O3. The van der Waals surface area contributed by atoms with Crippen molar-refractivity contribution in [2.75, 3.05) is 13.1 Å². The summed E-state index contributed by atoms with van der Waals surface area (Å²) >= 11 is 0. The van der Waals surface area contributed by atoms with Crippen LogP contribution in [-0.4, -0.2) is 39.6 Å². The number of ether oxygens (including phenoxy) is 1. The van der Waals surface area contributed by atoms with Gasteiger partial charge in [-0.2, -0.15) is 0 Å². The Balaban J connectivity index is 1.42. The van der Waals surface area contributed by atoms with Gasteiger partial charge in [-0.05, 0) is 61.6 Å². The van der Waals surface area contributed by atoms with Crippen LogP contribution in [0.25, 0.3) is 0 Å². The van der Waals surface area contributed by atoms with Gasteiger partial charge in [0.15, 0.2) is 0 Å². The van der Waals surface area contributed by atoms with Crippen LogP contribution in [0.1, 0.15) is 29.6 Å². The van der Waals surface area contributed by atoms with E-state index in [9.17, 15) is 9.90 Å². The highest BCUT2D eigenvalue weighted by Crippen LogP contribution is 2.44. The van der Waals surface area contributed by atoms with Gasteiger partial charge in [-0.25, -0.2) is 0 Å². The van der Waals surface area contributed by atoms with Gasteiger partial charge in [0, 0.05) is 18.3 Å². The number of nitrogens with zero attached hydrogens (tertiary/aromatic N) is 2. The molecule has 0 spiro atoms. The molecule has 2 aromatic rings. The summed E-state index contributed by atoms with van der Waals surface area (Å²) in [7, 11) is 0. The van der Waals surface area contributed by atoms with E-state index in [4.69, 9.17) is 4.74 Å². The fourth-order valence-electron chi connectivity index (χ4n) is 3.34. The molecule has 2 heterocycles. The van der Waals surface area contributed by atoms with Crippen molar-refractivity contribution in [3.05, 3.63) is 54.4 Å². The van der Waals surface area contributed by atoms with Crippen LogP contribution in [0, 0.1) is 5.92 Å². The van der Waals surface area contributed by atoms with E-state index in [0.717, 1.165) is 12.8 Å². The molecule has 1 saturated carbocycles. The number of aliphatic hydroxyl groups is 1. The molecule has 1 aliphatic heterocycles. The zero-order valence-corrected chi connectivity index (χ0v) is 13.4. The lowest BCUT2D eigenvalue weighted by molar-refractivity contribution is 0.0257. The van der Waals surface area contributed by atoms with Crippen LogP contribution >= 0.6 is 0 Å². The average molecular weight is 324 g/mol. The Morgan fingerprint density at radius 2 is 2.00 bits per heavy atom. The number of carbonyl (C=O) groups excluding carboxylic acids is 1. The maximum absolute atomic E-state index is 12.6. The van der Waals surface area contributed by atoms with Crippen LogP contribution in [0.4, 0.5) is 0 Å². The molecule has 0 bridgehead atoms. The molecule has 2 aliphatic rings. The fourth-order valence-corrected chi connectivity index (χ4v) is 3.34. The maximum Gasteiger partial charge on any atom is 0.253 e. The predicted molar refractivity (Wildman–Crippen MR) is 88.9 cm³/mol. The van der Waals surface area contributed by atoms with Gasteiger partial charge in [0.25, 0.3) is 5.91 Å². The van der Waals surface area contributed by atoms with Crippen molar-refractivity contribution in [1.82, 2.24) is 9.88 Å². The lowest BCUT2D eigenvalue weighted by Crippen LogP contribution is -2.37. The quantitative estimate of drug-likeness (QED) is 0.939. The molecule has 1 saturated heterocycles. The monoisotopic (exact) mass is 324 g/mol. The summed E-state index contributed by atoms with van der Waals surface area (Å²) in [5.41, 5.74) is -0.0486. The van der Waals surface area contributed by atoms with Crippen molar-refractivity contribution >= 4 is 5.91 Å². The lowest BCUT2D eigenvalue weighted by Gasteiger charge is -2.23. The molecule has 1 N–H and O–H groups in total. The summed E-state index contributed by atoms with van der Waals surface area (Å²) in [6.45, 7) is 1.07. The number of hydrogen-bond donors (Lipinski definition) is 1. The molecule has 5 heteroatoms. The number of amides is 1. The molecule has 1 aromatic carbocycles. The SMILES string of the molecule is O=C(c1ccc(Oc2cccnc2)cc1)N1CCC(O)(C2CC2)C1. The Kier molecular flexibility index (Phi) is 3.73. The van der Waals surface area contributed by atoms with Gasteiger partial charge in [-0.3, -0.25) is 9.78 Å². The van der Waals surface area contributed by atoms with E-state index in [-0.39, 0.29) is 5.91 Å². The lowest BCUT2D eigenvalue weighted by atomic mass is 9.97. The summed E-state index contributed by atoms with van der Waals surface area (Å²) in [6.07, 6.45) is 6.18. The Hall–Kier alpha value is -2.40. The van der Waals surface area contributed by atoms with Gasteiger partial charge in [0.05, 0.1) is 18.3 Å². The number of hydrogen-bond acceptors (Lipinski definition) is 4. The minimum Gasteiger partial charge on any atom is -0.456 e. The molecule has 0 radical (unpaired) electrons. The fraction of sp³-hybridized carbons (Fsp3) is 0.368. The van der Waals surface area contributed by atoms with Crippen molar-refractivity contribution in [3.63, 3.8) is 0 Å².